The van der Waals surface area contributed by atoms with Crippen LogP contribution in [0.15, 0.2) is 55.0 Å². The first-order valence-corrected chi connectivity index (χ1v) is 16.0. The number of carbonyl (C=O) groups excluding carboxylic acids is 1. The van der Waals surface area contributed by atoms with Crippen LogP contribution in [0.2, 0.25) is 0 Å². The maximum Gasteiger partial charge on any atom is 0.391 e. The second kappa shape index (κ2) is 13.2. The molecule has 3 aromatic heterocycles. The summed E-state index contributed by atoms with van der Waals surface area (Å²) in [7, 11) is 0. The van der Waals surface area contributed by atoms with E-state index in [1.807, 2.05) is 24.8 Å². The molecule has 4 aromatic rings. The highest BCUT2D eigenvalue weighted by atomic mass is 19.4. The van der Waals surface area contributed by atoms with Crippen molar-refractivity contribution < 1.29 is 26.7 Å². The van der Waals surface area contributed by atoms with Crippen LogP contribution in [0.4, 0.5) is 22.0 Å². The van der Waals surface area contributed by atoms with Gasteiger partial charge in [0.05, 0.1) is 30.0 Å². The molecule has 7 nitrogen and oxygen atoms in total. The van der Waals surface area contributed by atoms with Crippen molar-refractivity contribution >= 4 is 16.8 Å². The lowest BCUT2D eigenvalue weighted by Gasteiger charge is -2.34. The van der Waals surface area contributed by atoms with Gasteiger partial charge in [-0.25, -0.2) is 13.8 Å². The Labute approximate surface area is 270 Å². The lowest BCUT2D eigenvalue weighted by Crippen LogP contribution is -2.40. The summed E-state index contributed by atoms with van der Waals surface area (Å²) >= 11 is 0. The molecule has 47 heavy (non-hydrogen) atoms. The van der Waals surface area contributed by atoms with E-state index in [2.05, 4.69) is 25.5 Å². The molecule has 1 amide bonds. The first-order chi connectivity index (χ1) is 22.4. The Kier molecular flexibility index (Phi) is 9.24. The van der Waals surface area contributed by atoms with Crippen molar-refractivity contribution in [2.45, 2.75) is 70.3 Å². The summed E-state index contributed by atoms with van der Waals surface area (Å²) in [6, 6.07) is 9.32. The van der Waals surface area contributed by atoms with E-state index in [1.165, 1.54) is 0 Å². The molecular weight excluding hydrogens is 615 g/mol. The van der Waals surface area contributed by atoms with Crippen LogP contribution in [0.25, 0.3) is 22.2 Å². The van der Waals surface area contributed by atoms with E-state index >= 15 is 8.78 Å². The fraction of sp³-hybridized carbons (Fsp3) is 0.457. The van der Waals surface area contributed by atoms with E-state index in [-0.39, 0.29) is 36.3 Å². The number of amides is 1. The van der Waals surface area contributed by atoms with Crippen LogP contribution in [0, 0.1) is 17.7 Å². The molecule has 0 saturated carbocycles. The Hall–Kier alpha value is -4.06. The van der Waals surface area contributed by atoms with Crippen LogP contribution < -0.4 is 5.32 Å². The summed E-state index contributed by atoms with van der Waals surface area (Å²) in [5.41, 5.74) is 2.37. The number of fused-ring (bicyclic) bond motifs is 2. The Balaban J connectivity index is 1.23. The highest BCUT2D eigenvalue weighted by Gasteiger charge is 2.41. The average Bonchev–Trinajstić information content (AvgIpc) is 3.06. The molecule has 1 fully saturated rings. The van der Waals surface area contributed by atoms with Crippen LogP contribution >= 0.6 is 0 Å². The standard InChI is InChI=1S/C35H37F5N6O/c1-21(2)34(37)10-5-30-26(18-34)16-24-15-25(17-28(36)32(24)44-30)33(47)45-31(9-14-46-12-7-27(8-13-46)35(38,39)40)22-3-4-29(41-19-22)23-6-11-42-43-20-23/h3-4,6,11,15-17,19-21,27,31H,5,7-10,12-14,18H2,1-2H3,(H,45,47)/t31?,34-/m0/s1. The van der Waals surface area contributed by atoms with E-state index in [1.54, 1.807) is 42.9 Å². The Morgan fingerprint density at radius 2 is 1.87 bits per heavy atom. The molecule has 1 aliphatic carbocycles. The van der Waals surface area contributed by atoms with Crippen molar-refractivity contribution in [3.8, 4) is 11.3 Å². The van der Waals surface area contributed by atoms with Crippen molar-refractivity contribution in [2.24, 2.45) is 11.8 Å². The lowest BCUT2D eigenvalue weighted by molar-refractivity contribution is -0.185. The van der Waals surface area contributed by atoms with Crippen molar-refractivity contribution in [1.82, 2.24) is 30.4 Å². The van der Waals surface area contributed by atoms with Crippen LogP contribution in [0.5, 0.6) is 0 Å². The number of carbonyl (C=O) groups is 1. The van der Waals surface area contributed by atoms with Crippen molar-refractivity contribution in [3.63, 3.8) is 0 Å². The van der Waals surface area contributed by atoms with Gasteiger partial charge in [0.25, 0.3) is 5.91 Å². The van der Waals surface area contributed by atoms with Crippen molar-refractivity contribution in [2.75, 3.05) is 19.6 Å². The zero-order valence-electron chi connectivity index (χ0n) is 26.3. The van der Waals surface area contributed by atoms with Gasteiger partial charge in [-0.1, -0.05) is 19.9 Å². The SMILES string of the molecule is CC(C)[C@]1(F)CCc2nc3c(F)cc(C(=O)NC(CCN4CCC(C(F)(F)F)CC4)c4ccc(-c5ccnnc5)nc4)cc3cc2C1. The van der Waals surface area contributed by atoms with E-state index in [0.29, 0.717) is 61.2 Å². The smallest absolute Gasteiger partial charge is 0.345 e. The third-order valence-corrected chi connectivity index (χ3v) is 9.76. The van der Waals surface area contributed by atoms with Crippen LogP contribution in [-0.4, -0.2) is 62.5 Å². The minimum absolute atomic E-state index is 0.0333. The molecule has 2 aliphatic rings. The van der Waals surface area contributed by atoms with Gasteiger partial charge in [0.1, 0.15) is 17.0 Å². The average molecular weight is 653 g/mol. The number of halogens is 5. The highest BCUT2D eigenvalue weighted by molar-refractivity contribution is 5.98. The van der Waals surface area contributed by atoms with Crippen molar-refractivity contribution in [1.29, 1.82) is 0 Å². The van der Waals surface area contributed by atoms with Gasteiger partial charge in [-0.05, 0) is 92.6 Å². The fourth-order valence-electron chi connectivity index (χ4n) is 6.63. The largest absolute Gasteiger partial charge is 0.391 e. The zero-order valence-corrected chi connectivity index (χ0v) is 26.3. The molecule has 0 spiro atoms. The zero-order chi connectivity index (χ0) is 33.3. The number of likely N-dealkylation sites (tertiary alicyclic amines) is 1. The number of alkyl halides is 4. The van der Waals surface area contributed by atoms with Gasteiger partial charge in [0.15, 0.2) is 0 Å². The Morgan fingerprint density at radius 3 is 2.53 bits per heavy atom. The predicted octanol–water partition coefficient (Wildman–Crippen LogP) is 7.21. The molecule has 1 N–H and O–H groups in total. The first-order valence-electron chi connectivity index (χ1n) is 16.0. The third kappa shape index (κ3) is 7.27. The fourth-order valence-corrected chi connectivity index (χ4v) is 6.63. The van der Waals surface area contributed by atoms with Gasteiger partial charge >= 0.3 is 6.18 Å². The number of nitrogens with one attached hydrogen (secondary N) is 1. The summed E-state index contributed by atoms with van der Waals surface area (Å²) in [6.07, 6.45) is 1.99. The number of aryl methyl sites for hydroxylation is 1. The second-order valence-electron chi connectivity index (χ2n) is 13.1. The summed E-state index contributed by atoms with van der Waals surface area (Å²) < 4.78 is 70.6. The van der Waals surface area contributed by atoms with Crippen LogP contribution in [-0.2, 0) is 12.8 Å². The number of piperidine rings is 1. The topological polar surface area (TPSA) is 83.9 Å². The Morgan fingerprint density at radius 1 is 1.09 bits per heavy atom. The normalized spacial score (nSPS) is 19.9. The number of hydrogen-bond acceptors (Lipinski definition) is 6. The molecular formula is C35H37F5N6O. The third-order valence-electron chi connectivity index (χ3n) is 9.76. The quantitative estimate of drug-likeness (QED) is 0.203. The van der Waals surface area contributed by atoms with Crippen LogP contribution in [0.3, 0.4) is 0 Å². The Bertz CT molecular complexity index is 1730. The monoisotopic (exact) mass is 652 g/mol. The molecule has 2 atom stereocenters. The lowest BCUT2D eigenvalue weighted by atomic mass is 9.77. The van der Waals surface area contributed by atoms with E-state index in [9.17, 15) is 18.0 Å². The number of aromatic nitrogens is 4. The molecule has 12 heteroatoms. The molecule has 6 rings (SSSR count). The molecule has 0 radical (unpaired) electrons. The molecule has 0 bridgehead atoms. The molecule has 1 unspecified atom stereocenters. The minimum atomic E-state index is -4.20. The van der Waals surface area contributed by atoms with Crippen LogP contribution in [0.1, 0.15) is 72.8 Å². The first kappa shape index (κ1) is 32.9. The number of rotatable bonds is 8. The maximum absolute atomic E-state index is 15.5. The van der Waals surface area contributed by atoms with E-state index in [0.717, 1.165) is 17.2 Å². The van der Waals surface area contributed by atoms with Gasteiger partial charge in [0, 0.05) is 41.4 Å². The van der Waals surface area contributed by atoms with Gasteiger partial charge in [-0.15, -0.1) is 0 Å². The number of nitrogens with zero attached hydrogens (tertiary/aromatic N) is 5. The molecule has 1 aliphatic heterocycles. The predicted molar refractivity (Wildman–Crippen MR) is 168 cm³/mol. The number of benzene rings is 1. The highest BCUT2D eigenvalue weighted by Crippen LogP contribution is 2.38. The maximum atomic E-state index is 15.5. The van der Waals surface area contributed by atoms with Crippen molar-refractivity contribution in [3.05, 3.63) is 83.2 Å². The number of hydrogen-bond donors (Lipinski definition) is 1. The van der Waals surface area contributed by atoms with E-state index in [4.69, 9.17) is 0 Å². The molecule has 248 valence electrons. The van der Waals surface area contributed by atoms with E-state index < -0.39 is 35.5 Å². The summed E-state index contributed by atoms with van der Waals surface area (Å²) in [4.78, 5) is 24.7. The van der Waals surface area contributed by atoms with Gasteiger partial charge in [-0.3, -0.25) is 9.78 Å². The summed E-state index contributed by atoms with van der Waals surface area (Å²) in [6.45, 7) is 4.76. The minimum Gasteiger partial charge on any atom is -0.345 e. The summed E-state index contributed by atoms with van der Waals surface area (Å²) in [5.74, 6) is -2.65. The van der Waals surface area contributed by atoms with Gasteiger partial charge < -0.3 is 10.2 Å². The van der Waals surface area contributed by atoms with Gasteiger partial charge in [-0.2, -0.15) is 23.4 Å². The molecule has 1 aromatic carbocycles. The van der Waals surface area contributed by atoms with Gasteiger partial charge in [0.2, 0.25) is 0 Å². The number of pyridine rings is 2. The molecule has 1 saturated heterocycles. The second-order valence-corrected chi connectivity index (χ2v) is 13.1. The molecule has 4 heterocycles. The summed E-state index contributed by atoms with van der Waals surface area (Å²) in [5, 5.41) is 11.1.